The molecule has 3 atom stereocenters. The van der Waals surface area contributed by atoms with Gasteiger partial charge in [0.15, 0.2) is 0 Å². The van der Waals surface area contributed by atoms with Gasteiger partial charge in [-0.1, -0.05) is 9.05 Å². The SMILES string of the molecule is NC(O[P+](=O)O)O[P+](=O)Oc1ccon1. The van der Waals surface area contributed by atoms with Crippen LogP contribution in [0.5, 0.6) is 5.88 Å². The van der Waals surface area contributed by atoms with Crippen LogP contribution in [0.25, 0.3) is 0 Å². The first-order valence-corrected chi connectivity index (χ1v) is 5.61. The molecule has 0 bridgehead atoms. The second kappa shape index (κ2) is 5.82. The molecule has 1 heterocycles. The molecule has 9 nitrogen and oxygen atoms in total. The molecule has 0 aliphatic carbocycles. The lowest BCUT2D eigenvalue weighted by molar-refractivity contribution is 0.00916. The molecule has 0 aliphatic heterocycles. The Morgan fingerprint density at radius 3 is 2.80 bits per heavy atom. The molecule has 0 aromatic carbocycles. The van der Waals surface area contributed by atoms with Gasteiger partial charge in [0.2, 0.25) is 0 Å². The highest BCUT2D eigenvalue weighted by Gasteiger charge is 2.33. The molecule has 15 heavy (non-hydrogen) atoms. The van der Waals surface area contributed by atoms with Gasteiger partial charge in [0.1, 0.15) is 6.26 Å². The van der Waals surface area contributed by atoms with E-state index in [4.69, 9.17) is 10.6 Å². The molecule has 82 valence electrons. The molecule has 0 fully saturated rings. The molecule has 0 saturated heterocycles. The second-order valence-corrected chi connectivity index (χ2v) is 3.50. The van der Waals surface area contributed by atoms with Crippen molar-refractivity contribution in [1.82, 2.24) is 5.16 Å². The minimum atomic E-state index is -2.94. The summed E-state index contributed by atoms with van der Waals surface area (Å²) in [6, 6.07) is 1.29. The van der Waals surface area contributed by atoms with Gasteiger partial charge in [-0.3, -0.25) is 5.73 Å². The quantitative estimate of drug-likeness (QED) is 0.554. The molecule has 1 aromatic heterocycles. The van der Waals surface area contributed by atoms with Crippen LogP contribution in [0.2, 0.25) is 0 Å². The van der Waals surface area contributed by atoms with Crippen LogP contribution in [-0.2, 0) is 18.2 Å². The first kappa shape index (κ1) is 12.1. The Bertz CT molecular complexity index is 341. The van der Waals surface area contributed by atoms with Crippen molar-refractivity contribution in [1.29, 1.82) is 0 Å². The van der Waals surface area contributed by atoms with E-state index in [9.17, 15) is 9.13 Å². The van der Waals surface area contributed by atoms with Gasteiger partial charge in [0.05, 0.1) is 0 Å². The number of hydrogen-bond acceptors (Lipinski definition) is 8. The second-order valence-electron chi connectivity index (χ2n) is 1.97. The third-order valence-electron chi connectivity index (χ3n) is 0.966. The summed E-state index contributed by atoms with van der Waals surface area (Å²) in [7, 11) is -5.60. The summed E-state index contributed by atoms with van der Waals surface area (Å²) < 4.78 is 38.4. The summed E-state index contributed by atoms with van der Waals surface area (Å²) in [5.41, 5.74) is 5.01. The highest BCUT2D eigenvalue weighted by atomic mass is 31.1. The number of hydrogen-bond donors (Lipinski definition) is 2. The van der Waals surface area contributed by atoms with Gasteiger partial charge in [-0.2, -0.15) is 0 Å². The van der Waals surface area contributed by atoms with E-state index in [-0.39, 0.29) is 5.88 Å². The summed E-state index contributed by atoms with van der Waals surface area (Å²) in [6.07, 6.45) is -0.436. The molecule has 0 saturated carbocycles. The normalized spacial score (nSPS) is 14.5. The molecule has 0 amide bonds. The molecule has 1 rings (SSSR count). The summed E-state index contributed by atoms with van der Waals surface area (Å²) in [4.78, 5) is 8.26. The molecule has 11 heteroatoms. The average Bonchev–Trinajstić information content (AvgIpc) is 2.53. The van der Waals surface area contributed by atoms with Crippen LogP contribution in [0.3, 0.4) is 0 Å². The summed E-state index contributed by atoms with van der Waals surface area (Å²) in [6.45, 7) is 0. The van der Waals surface area contributed by atoms with E-state index in [1.807, 2.05) is 0 Å². The summed E-state index contributed by atoms with van der Waals surface area (Å²) in [5.74, 6) is -0.0725. The molecule has 3 N–H and O–H groups in total. The Hall–Kier alpha value is -0.950. The van der Waals surface area contributed by atoms with Gasteiger partial charge in [0.25, 0.3) is 0 Å². The molecular formula is C4H6N2O7P2+2. The predicted molar refractivity (Wildman–Crippen MR) is 44.7 cm³/mol. The van der Waals surface area contributed by atoms with Crippen LogP contribution in [-0.4, -0.2) is 16.5 Å². The fourth-order valence-corrected chi connectivity index (χ4v) is 1.33. The van der Waals surface area contributed by atoms with Crippen molar-refractivity contribution in [3.8, 4) is 5.88 Å². The molecule has 1 aromatic rings. The van der Waals surface area contributed by atoms with Gasteiger partial charge in [-0.15, -0.1) is 4.89 Å². The zero-order valence-corrected chi connectivity index (χ0v) is 8.84. The van der Waals surface area contributed by atoms with E-state index >= 15 is 0 Å². The lowest BCUT2D eigenvalue weighted by atomic mass is 10.7. The van der Waals surface area contributed by atoms with Crippen molar-refractivity contribution >= 4 is 16.5 Å². The molecule has 3 unspecified atom stereocenters. The first-order chi connectivity index (χ1) is 7.08. The van der Waals surface area contributed by atoms with E-state index in [2.05, 4.69) is 23.3 Å². The Balaban J connectivity index is 2.33. The maximum Gasteiger partial charge on any atom is 0.756 e. The lowest BCUT2D eigenvalue weighted by Crippen LogP contribution is -2.22. The smallest absolute Gasteiger partial charge is 0.361 e. The Morgan fingerprint density at radius 1 is 1.53 bits per heavy atom. The van der Waals surface area contributed by atoms with Crippen LogP contribution in [0.15, 0.2) is 16.9 Å². The highest BCUT2D eigenvalue weighted by Crippen LogP contribution is 2.29. The number of nitrogens with zero attached hydrogens (tertiary/aromatic N) is 1. The molecule has 0 spiro atoms. The zero-order valence-electron chi connectivity index (χ0n) is 7.05. The van der Waals surface area contributed by atoms with Crippen LogP contribution in [0.1, 0.15) is 0 Å². The van der Waals surface area contributed by atoms with E-state index < -0.39 is 22.9 Å². The maximum atomic E-state index is 11.0. The fourth-order valence-electron chi connectivity index (χ4n) is 0.539. The van der Waals surface area contributed by atoms with Gasteiger partial charge in [0, 0.05) is 15.2 Å². The van der Waals surface area contributed by atoms with Crippen molar-refractivity contribution in [3.05, 3.63) is 12.3 Å². The first-order valence-electron chi connectivity index (χ1n) is 3.39. The average molecular weight is 256 g/mol. The van der Waals surface area contributed by atoms with Crippen molar-refractivity contribution in [3.63, 3.8) is 0 Å². The minimum Gasteiger partial charge on any atom is -0.361 e. The highest BCUT2D eigenvalue weighted by molar-refractivity contribution is 7.34. The Labute approximate surface area is 85.0 Å². The lowest BCUT2D eigenvalue weighted by Gasteiger charge is -1.92. The van der Waals surface area contributed by atoms with E-state index in [1.54, 1.807) is 0 Å². The van der Waals surface area contributed by atoms with Crippen LogP contribution in [0, 0.1) is 0 Å². The molecular weight excluding hydrogens is 250 g/mol. The third-order valence-corrected chi connectivity index (χ3v) is 2.07. The van der Waals surface area contributed by atoms with E-state index in [0.29, 0.717) is 0 Å². The third kappa shape index (κ3) is 4.89. The van der Waals surface area contributed by atoms with Crippen molar-refractivity contribution in [2.75, 3.05) is 0 Å². The largest absolute Gasteiger partial charge is 0.756 e. The van der Waals surface area contributed by atoms with Gasteiger partial charge < -0.3 is 4.52 Å². The van der Waals surface area contributed by atoms with Crippen LogP contribution < -0.4 is 10.3 Å². The maximum absolute atomic E-state index is 11.0. The van der Waals surface area contributed by atoms with Crippen LogP contribution in [0.4, 0.5) is 0 Å². The summed E-state index contributed by atoms with van der Waals surface area (Å²) >= 11 is 0. The Morgan fingerprint density at radius 2 is 2.27 bits per heavy atom. The number of rotatable bonds is 6. The van der Waals surface area contributed by atoms with Crippen molar-refractivity contribution in [2.24, 2.45) is 5.73 Å². The molecule has 0 radical (unpaired) electrons. The van der Waals surface area contributed by atoms with Crippen LogP contribution >= 0.6 is 16.5 Å². The van der Waals surface area contributed by atoms with Gasteiger partial charge in [-0.05, 0) is 5.16 Å². The van der Waals surface area contributed by atoms with E-state index in [0.717, 1.165) is 0 Å². The van der Waals surface area contributed by atoms with E-state index in [1.165, 1.54) is 12.3 Å². The molecule has 0 aliphatic rings. The topological polar surface area (TPSA) is 134 Å². The summed E-state index contributed by atoms with van der Waals surface area (Å²) in [5, 5.41) is 3.27. The van der Waals surface area contributed by atoms with Crippen molar-refractivity contribution in [2.45, 2.75) is 6.41 Å². The zero-order chi connectivity index (χ0) is 11.3. The fraction of sp³-hybridized carbons (Fsp3) is 0.250. The standard InChI is InChI=1S/C4H5N2O7P2/c5-4(12-14(7)8)13-15(9)11-3-1-2-10-6-3/h1-2,4H,5H2/q+1/p+1. The minimum absolute atomic E-state index is 0.0725. The number of nitrogens with two attached hydrogens (primary N) is 1. The van der Waals surface area contributed by atoms with Gasteiger partial charge in [-0.25, -0.2) is 4.52 Å². The monoisotopic (exact) mass is 256 g/mol. The predicted octanol–water partition coefficient (Wildman–Crippen LogP) is 0.636. The number of aromatic nitrogens is 1. The van der Waals surface area contributed by atoms with Gasteiger partial charge >= 0.3 is 28.8 Å². The Kier molecular flexibility index (Phi) is 4.70. The van der Waals surface area contributed by atoms with Crippen molar-refractivity contribution < 1.29 is 32.1 Å².